The van der Waals surface area contributed by atoms with Gasteiger partial charge in [0.1, 0.15) is 0 Å². The van der Waals surface area contributed by atoms with E-state index in [1.807, 2.05) is 0 Å². The standard InChI is InChI=1S/C15H17/c1-3-12(4-2)14-11-7-9-13-8-5-6-10-15(13)14/h5-12H,1,3-4H2,2H3. The summed E-state index contributed by atoms with van der Waals surface area (Å²) in [6, 6.07) is 15.2. The minimum Gasteiger partial charge on any atom is -0.0648 e. The van der Waals surface area contributed by atoms with Crippen molar-refractivity contribution in [3.8, 4) is 0 Å². The molecule has 2 aromatic rings. The minimum absolute atomic E-state index is 0.594. The van der Waals surface area contributed by atoms with Crippen molar-refractivity contribution in [3.05, 3.63) is 55.0 Å². The van der Waals surface area contributed by atoms with Gasteiger partial charge in [-0.15, -0.1) is 0 Å². The Morgan fingerprint density at radius 3 is 2.53 bits per heavy atom. The number of benzene rings is 2. The van der Waals surface area contributed by atoms with Crippen molar-refractivity contribution in [2.45, 2.75) is 25.7 Å². The zero-order valence-corrected chi connectivity index (χ0v) is 9.24. The molecule has 1 radical (unpaired) electrons. The first-order valence-corrected chi connectivity index (χ1v) is 5.63. The lowest BCUT2D eigenvalue weighted by molar-refractivity contribution is 0.678. The zero-order chi connectivity index (χ0) is 10.7. The molecule has 0 heteroatoms. The molecule has 0 aliphatic rings. The van der Waals surface area contributed by atoms with Crippen molar-refractivity contribution in [2.24, 2.45) is 0 Å². The molecular weight excluding hydrogens is 180 g/mol. The summed E-state index contributed by atoms with van der Waals surface area (Å²) in [6.45, 7) is 6.27. The van der Waals surface area contributed by atoms with Gasteiger partial charge in [0, 0.05) is 0 Å². The molecular formula is C15H17. The number of fused-ring (bicyclic) bond motifs is 1. The normalized spacial score (nSPS) is 11.1. The Morgan fingerprint density at radius 2 is 1.80 bits per heavy atom. The van der Waals surface area contributed by atoms with Crippen molar-refractivity contribution in [3.63, 3.8) is 0 Å². The Morgan fingerprint density at radius 1 is 1.07 bits per heavy atom. The summed E-state index contributed by atoms with van der Waals surface area (Å²) in [5.74, 6) is 0.594. The number of hydrogen-bond acceptors (Lipinski definition) is 0. The third-order valence-corrected chi connectivity index (χ3v) is 3.10. The van der Waals surface area contributed by atoms with E-state index < -0.39 is 0 Å². The summed E-state index contributed by atoms with van der Waals surface area (Å²) >= 11 is 0. The molecule has 0 aliphatic heterocycles. The van der Waals surface area contributed by atoms with Crippen molar-refractivity contribution in [2.75, 3.05) is 0 Å². The van der Waals surface area contributed by atoms with Crippen LogP contribution in [0.3, 0.4) is 0 Å². The second-order valence-corrected chi connectivity index (χ2v) is 3.96. The summed E-state index contributed by atoms with van der Waals surface area (Å²) in [5.41, 5.74) is 1.45. The van der Waals surface area contributed by atoms with Gasteiger partial charge in [-0.25, -0.2) is 0 Å². The first-order valence-electron chi connectivity index (χ1n) is 5.63. The van der Waals surface area contributed by atoms with Crippen molar-refractivity contribution in [1.29, 1.82) is 0 Å². The van der Waals surface area contributed by atoms with Crippen LogP contribution in [0.4, 0.5) is 0 Å². The van der Waals surface area contributed by atoms with Gasteiger partial charge in [0.15, 0.2) is 0 Å². The highest BCUT2D eigenvalue weighted by Crippen LogP contribution is 2.29. The van der Waals surface area contributed by atoms with Crippen LogP contribution in [0.2, 0.25) is 0 Å². The molecule has 15 heavy (non-hydrogen) atoms. The maximum atomic E-state index is 4.04. The second-order valence-electron chi connectivity index (χ2n) is 3.96. The summed E-state index contributed by atoms with van der Waals surface area (Å²) in [5, 5.41) is 2.72. The van der Waals surface area contributed by atoms with Crippen LogP contribution >= 0.6 is 0 Å². The largest absolute Gasteiger partial charge is 0.0648 e. The topological polar surface area (TPSA) is 0 Å². The summed E-state index contributed by atoms with van der Waals surface area (Å²) < 4.78 is 0. The summed E-state index contributed by atoms with van der Waals surface area (Å²) in [7, 11) is 0. The SMILES string of the molecule is [CH2]CC(CC)c1cccc2ccccc12. The fraction of sp³-hybridized carbons (Fsp3) is 0.267. The van der Waals surface area contributed by atoms with Gasteiger partial charge in [-0.2, -0.15) is 0 Å². The average Bonchev–Trinajstić information content (AvgIpc) is 2.31. The smallest absolute Gasteiger partial charge is 0.0149 e. The van der Waals surface area contributed by atoms with Gasteiger partial charge in [0.05, 0.1) is 0 Å². The molecule has 0 heterocycles. The molecule has 1 atom stereocenters. The van der Waals surface area contributed by atoms with Crippen molar-refractivity contribution >= 4 is 10.8 Å². The first-order chi connectivity index (χ1) is 7.36. The van der Waals surface area contributed by atoms with Crippen molar-refractivity contribution < 1.29 is 0 Å². The molecule has 0 aromatic heterocycles. The van der Waals surface area contributed by atoms with Gasteiger partial charge in [0.2, 0.25) is 0 Å². The monoisotopic (exact) mass is 197 g/mol. The summed E-state index contributed by atoms with van der Waals surface area (Å²) in [6.07, 6.45) is 2.14. The van der Waals surface area contributed by atoms with Crippen LogP contribution in [0.1, 0.15) is 31.2 Å². The number of rotatable bonds is 3. The quantitative estimate of drug-likeness (QED) is 0.676. The van der Waals surface area contributed by atoms with Crippen LogP contribution in [0.25, 0.3) is 10.8 Å². The third kappa shape index (κ3) is 1.90. The van der Waals surface area contributed by atoms with Gasteiger partial charge in [-0.1, -0.05) is 56.3 Å². The molecule has 2 rings (SSSR count). The predicted octanol–water partition coefficient (Wildman–Crippen LogP) is 4.56. The zero-order valence-electron chi connectivity index (χ0n) is 9.24. The van der Waals surface area contributed by atoms with E-state index in [1.54, 1.807) is 0 Å². The molecule has 2 aromatic carbocycles. The Labute approximate surface area is 91.9 Å². The van der Waals surface area contributed by atoms with E-state index in [4.69, 9.17) is 0 Å². The van der Waals surface area contributed by atoms with Crippen LogP contribution in [0, 0.1) is 6.92 Å². The van der Waals surface area contributed by atoms with Gasteiger partial charge in [-0.05, 0) is 35.1 Å². The van der Waals surface area contributed by atoms with E-state index in [0.717, 1.165) is 12.8 Å². The van der Waals surface area contributed by atoms with Crippen LogP contribution in [0.5, 0.6) is 0 Å². The van der Waals surface area contributed by atoms with Gasteiger partial charge in [-0.3, -0.25) is 0 Å². The van der Waals surface area contributed by atoms with Crippen molar-refractivity contribution in [1.82, 2.24) is 0 Å². The molecule has 0 spiro atoms. The molecule has 0 fully saturated rings. The van der Waals surface area contributed by atoms with Crippen LogP contribution in [0.15, 0.2) is 42.5 Å². The molecule has 0 N–H and O–H groups in total. The highest BCUT2D eigenvalue weighted by atomic mass is 14.1. The van der Waals surface area contributed by atoms with Gasteiger partial charge < -0.3 is 0 Å². The Bertz CT molecular complexity index is 433. The highest BCUT2D eigenvalue weighted by molar-refractivity contribution is 5.86. The van der Waals surface area contributed by atoms with E-state index in [-0.39, 0.29) is 0 Å². The van der Waals surface area contributed by atoms with E-state index in [9.17, 15) is 0 Å². The molecule has 0 nitrogen and oxygen atoms in total. The molecule has 0 aliphatic carbocycles. The molecule has 1 unspecified atom stereocenters. The third-order valence-electron chi connectivity index (χ3n) is 3.10. The van der Waals surface area contributed by atoms with Crippen LogP contribution in [-0.4, -0.2) is 0 Å². The maximum absolute atomic E-state index is 4.04. The number of hydrogen-bond donors (Lipinski definition) is 0. The van der Waals surface area contributed by atoms with Gasteiger partial charge >= 0.3 is 0 Å². The van der Waals surface area contributed by atoms with Crippen LogP contribution < -0.4 is 0 Å². The lowest BCUT2D eigenvalue weighted by Gasteiger charge is -2.15. The highest BCUT2D eigenvalue weighted by Gasteiger charge is 2.09. The lowest BCUT2D eigenvalue weighted by Crippen LogP contribution is -1.96. The molecule has 0 bridgehead atoms. The molecule has 0 saturated heterocycles. The fourth-order valence-corrected chi connectivity index (χ4v) is 2.19. The molecule has 77 valence electrons. The average molecular weight is 197 g/mol. The Kier molecular flexibility index (Phi) is 3.05. The van der Waals surface area contributed by atoms with E-state index in [1.165, 1.54) is 16.3 Å². The Hall–Kier alpha value is -1.30. The first kappa shape index (κ1) is 10.2. The van der Waals surface area contributed by atoms with Gasteiger partial charge in [0.25, 0.3) is 0 Å². The minimum atomic E-state index is 0.594. The molecule has 0 saturated carbocycles. The molecule has 0 amide bonds. The fourth-order valence-electron chi connectivity index (χ4n) is 2.19. The summed E-state index contributed by atoms with van der Waals surface area (Å²) in [4.78, 5) is 0. The van der Waals surface area contributed by atoms with E-state index >= 15 is 0 Å². The Balaban J connectivity index is 2.59. The predicted molar refractivity (Wildman–Crippen MR) is 67.0 cm³/mol. The van der Waals surface area contributed by atoms with E-state index in [0.29, 0.717) is 5.92 Å². The lowest BCUT2D eigenvalue weighted by atomic mass is 9.90. The van der Waals surface area contributed by atoms with E-state index in [2.05, 4.69) is 56.3 Å². The van der Waals surface area contributed by atoms with Crippen LogP contribution in [-0.2, 0) is 0 Å². The second kappa shape index (κ2) is 4.48. The maximum Gasteiger partial charge on any atom is -0.0149 e.